The molecule has 0 aliphatic heterocycles. The molecular weight excluding hydrogens is 534 g/mol. The Morgan fingerprint density at radius 1 is 0.875 bits per heavy atom. The maximum absolute atomic E-state index is 12.5. The van der Waals surface area contributed by atoms with Gasteiger partial charge in [-0.2, -0.15) is 5.10 Å². The quantitative estimate of drug-likeness (QED) is 0.129. The maximum Gasteiger partial charge on any atom is 0.343 e. The number of hydrogen-bond donors (Lipinski definition) is 2. The first-order chi connectivity index (χ1) is 19.4. The number of nitrogens with zero attached hydrogens (tertiary/aromatic N) is 1. The Morgan fingerprint density at radius 3 is 2.27 bits per heavy atom. The van der Waals surface area contributed by atoms with Crippen LogP contribution in [-0.2, 0) is 27.2 Å². The molecule has 10 nitrogen and oxygen atoms in total. The van der Waals surface area contributed by atoms with Crippen molar-refractivity contribution in [3.63, 3.8) is 0 Å². The average Bonchev–Trinajstić information content (AvgIpc) is 3.32. The fourth-order valence-electron chi connectivity index (χ4n) is 4.09. The van der Waals surface area contributed by atoms with Gasteiger partial charge >= 0.3 is 23.8 Å². The molecule has 0 atom stereocenters. The first kappa shape index (κ1) is 28.5. The van der Waals surface area contributed by atoms with Gasteiger partial charge in [-0.15, -0.1) is 11.3 Å². The third-order valence-corrected chi connectivity index (χ3v) is 7.16. The number of esters is 2. The molecule has 208 valence electrons. The van der Waals surface area contributed by atoms with Crippen LogP contribution in [0.4, 0.5) is 5.00 Å². The monoisotopic (exact) mass is 563 g/mol. The van der Waals surface area contributed by atoms with Gasteiger partial charge in [-0.1, -0.05) is 0 Å². The van der Waals surface area contributed by atoms with Crippen LogP contribution in [0.2, 0.25) is 0 Å². The van der Waals surface area contributed by atoms with Crippen molar-refractivity contribution in [1.29, 1.82) is 0 Å². The fraction of sp³-hybridized carbons (Fsp3) is 0.276. The van der Waals surface area contributed by atoms with Gasteiger partial charge in [-0.25, -0.2) is 15.0 Å². The SMILES string of the molecule is CCOC(=O)c1c(NC(=O)C(=O)N/N=C/c2ccc(OC(=O)c3ccc(OCC)cc3)cc2)sc2c1CCCC2. The normalized spacial score (nSPS) is 12.3. The zero-order valence-corrected chi connectivity index (χ0v) is 23.0. The molecule has 2 aromatic carbocycles. The second-order valence-corrected chi connectivity index (χ2v) is 9.81. The molecular formula is C29H29N3O7S. The van der Waals surface area contributed by atoms with E-state index in [1.165, 1.54) is 17.6 Å². The fourth-order valence-corrected chi connectivity index (χ4v) is 5.36. The first-order valence-corrected chi connectivity index (χ1v) is 13.7. The second kappa shape index (κ2) is 13.5. The van der Waals surface area contributed by atoms with Crippen LogP contribution in [0.25, 0.3) is 0 Å². The Morgan fingerprint density at radius 2 is 1.57 bits per heavy atom. The molecule has 0 fully saturated rings. The molecule has 1 aromatic heterocycles. The van der Waals surface area contributed by atoms with Crippen molar-refractivity contribution < 1.29 is 33.4 Å². The Bertz CT molecular complexity index is 1410. The third kappa shape index (κ3) is 7.11. The summed E-state index contributed by atoms with van der Waals surface area (Å²) in [5.74, 6) is -1.96. The Kier molecular flexibility index (Phi) is 9.63. The topological polar surface area (TPSA) is 132 Å². The lowest BCUT2D eigenvalue weighted by molar-refractivity contribution is -0.136. The van der Waals surface area contributed by atoms with Crippen LogP contribution in [-0.4, -0.2) is 43.2 Å². The Balaban J connectivity index is 1.31. The summed E-state index contributed by atoms with van der Waals surface area (Å²) < 4.78 is 15.9. The van der Waals surface area contributed by atoms with Crippen LogP contribution in [0, 0.1) is 0 Å². The van der Waals surface area contributed by atoms with E-state index in [1.54, 1.807) is 55.5 Å². The highest BCUT2D eigenvalue weighted by Crippen LogP contribution is 2.38. The number of benzene rings is 2. The number of hydrogen-bond acceptors (Lipinski definition) is 9. The number of thiophene rings is 1. The van der Waals surface area contributed by atoms with Crippen LogP contribution in [0.1, 0.15) is 63.4 Å². The molecule has 0 saturated carbocycles. The first-order valence-electron chi connectivity index (χ1n) is 12.9. The number of carbonyl (C=O) groups is 4. The molecule has 1 heterocycles. The van der Waals surface area contributed by atoms with Crippen molar-refractivity contribution in [3.8, 4) is 11.5 Å². The summed E-state index contributed by atoms with van der Waals surface area (Å²) in [4.78, 5) is 50.8. The van der Waals surface area contributed by atoms with Crippen LogP contribution in [0.5, 0.6) is 11.5 Å². The highest BCUT2D eigenvalue weighted by molar-refractivity contribution is 7.17. The molecule has 0 unspecified atom stereocenters. The number of rotatable bonds is 9. The summed E-state index contributed by atoms with van der Waals surface area (Å²) >= 11 is 1.30. The summed E-state index contributed by atoms with van der Waals surface area (Å²) in [5.41, 5.74) is 4.37. The van der Waals surface area contributed by atoms with E-state index in [0.717, 1.165) is 36.1 Å². The molecule has 0 bridgehead atoms. The van der Waals surface area contributed by atoms with E-state index in [9.17, 15) is 19.2 Å². The lowest BCUT2D eigenvalue weighted by atomic mass is 9.95. The second-order valence-electron chi connectivity index (χ2n) is 8.70. The molecule has 0 radical (unpaired) electrons. The van der Waals surface area contributed by atoms with Crippen LogP contribution in [0.3, 0.4) is 0 Å². The summed E-state index contributed by atoms with van der Waals surface area (Å²) in [7, 11) is 0. The molecule has 2 N–H and O–H groups in total. The summed E-state index contributed by atoms with van der Waals surface area (Å²) in [6.07, 6.45) is 4.84. The number of carbonyl (C=O) groups excluding carboxylic acids is 4. The molecule has 1 aliphatic carbocycles. The van der Waals surface area contributed by atoms with Crippen LogP contribution < -0.4 is 20.2 Å². The van der Waals surface area contributed by atoms with E-state index < -0.39 is 23.8 Å². The number of amides is 2. The van der Waals surface area contributed by atoms with Crippen molar-refractivity contribution in [2.75, 3.05) is 18.5 Å². The summed E-state index contributed by atoms with van der Waals surface area (Å²) in [6.45, 7) is 4.33. The molecule has 0 spiro atoms. The zero-order valence-electron chi connectivity index (χ0n) is 22.2. The number of ether oxygens (including phenoxy) is 3. The molecule has 2 amide bonds. The zero-order chi connectivity index (χ0) is 28.5. The molecule has 0 saturated heterocycles. The van der Waals surface area contributed by atoms with Crippen molar-refractivity contribution in [2.24, 2.45) is 5.10 Å². The van der Waals surface area contributed by atoms with Gasteiger partial charge < -0.3 is 19.5 Å². The average molecular weight is 564 g/mol. The van der Waals surface area contributed by atoms with Gasteiger partial charge in [0, 0.05) is 4.88 Å². The number of anilines is 1. The van der Waals surface area contributed by atoms with Gasteiger partial charge in [-0.3, -0.25) is 9.59 Å². The minimum absolute atomic E-state index is 0.207. The van der Waals surface area contributed by atoms with Crippen LogP contribution >= 0.6 is 11.3 Å². The smallest absolute Gasteiger partial charge is 0.343 e. The van der Waals surface area contributed by atoms with Gasteiger partial charge in [0.1, 0.15) is 16.5 Å². The van der Waals surface area contributed by atoms with Crippen molar-refractivity contribution in [1.82, 2.24) is 5.43 Å². The van der Waals surface area contributed by atoms with Crippen LogP contribution in [0.15, 0.2) is 53.6 Å². The molecule has 1 aliphatic rings. The highest BCUT2D eigenvalue weighted by Gasteiger charge is 2.28. The van der Waals surface area contributed by atoms with Crippen molar-refractivity contribution in [3.05, 3.63) is 75.7 Å². The maximum atomic E-state index is 12.5. The Hall–Kier alpha value is -4.51. The molecule has 40 heavy (non-hydrogen) atoms. The minimum Gasteiger partial charge on any atom is -0.494 e. The van der Waals surface area contributed by atoms with E-state index in [-0.39, 0.29) is 6.61 Å². The predicted molar refractivity (Wildman–Crippen MR) is 150 cm³/mol. The Labute approximate surface area is 235 Å². The van der Waals surface area contributed by atoms with E-state index in [0.29, 0.717) is 39.8 Å². The summed E-state index contributed by atoms with van der Waals surface area (Å²) in [6, 6.07) is 13.1. The van der Waals surface area contributed by atoms with E-state index in [1.807, 2.05) is 6.92 Å². The molecule has 11 heteroatoms. The van der Waals surface area contributed by atoms with E-state index in [4.69, 9.17) is 14.2 Å². The predicted octanol–water partition coefficient (Wildman–Crippen LogP) is 4.51. The largest absolute Gasteiger partial charge is 0.494 e. The minimum atomic E-state index is -0.988. The van der Waals surface area contributed by atoms with Crippen molar-refractivity contribution in [2.45, 2.75) is 39.5 Å². The van der Waals surface area contributed by atoms with E-state index >= 15 is 0 Å². The lowest BCUT2D eigenvalue weighted by Crippen LogP contribution is -2.32. The molecule has 3 aromatic rings. The van der Waals surface area contributed by atoms with Gasteiger partial charge in [0.2, 0.25) is 0 Å². The van der Waals surface area contributed by atoms with E-state index in [2.05, 4.69) is 15.8 Å². The number of hydrazone groups is 1. The van der Waals surface area contributed by atoms with Gasteiger partial charge in [-0.05, 0) is 99.2 Å². The summed E-state index contributed by atoms with van der Waals surface area (Å²) in [5, 5.41) is 6.68. The third-order valence-electron chi connectivity index (χ3n) is 5.96. The van der Waals surface area contributed by atoms with Gasteiger partial charge in [0.05, 0.1) is 30.6 Å². The number of nitrogens with one attached hydrogen (secondary N) is 2. The highest BCUT2D eigenvalue weighted by atomic mass is 32.1. The number of aryl methyl sites for hydroxylation is 1. The lowest BCUT2D eigenvalue weighted by Gasteiger charge is -2.12. The standard InChI is InChI=1S/C29H29N3O7S/c1-3-37-20-15-11-19(12-16-20)28(35)39-21-13-9-18(10-14-21)17-30-32-26(34)25(33)31-27-24(29(36)38-4-2)22-7-5-6-8-23(22)40-27/h9-17H,3-8H2,1-2H3,(H,31,33)(H,32,34)/b30-17+. The van der Waals surface area contributed by atoms with Gasteiger partial charge in [0.25, 0.3) is 0 Å². The van der Waals surface area contributed by atoms with Gasteiger partial charge in [0.15, 0.2) is 0 Å². The molecule has 4 rings (SSSR count). The number of fused-ring (bicyclic) bond motifs is 1. The van der Waals surface area contributed by atoms with Crippen molar-refractivity contribution >= 4 is 46.3 Å².